The molecule has 136 valence electrons. The van der Waals surface area contributed by atoms with Crippen LogP contribution in [0.5, 0.6) is 5.75 Å². The summed E-state index contributed by atoms with van der Waals surface area (Å²) in [5, 5.41) is 4.38. The largest absolute Gasteiger partial charge is 0.496 e. The molecule has 0 spiro atoms. The second kappa shape index (κ2) is 6.06. The number of carbonyl (C=O) groups excluding carboxylic acids is 1. The second-order valence-corrected chi connectivity index (χ2v) is 6.50. The SMILES string of the molecule is COc1ccccc1C1=Nc2ccccc2-c2c(C(N)=O)cnn3ccc1c23. The molecule has 4 aromatic rings. The number of carbonyl (C=O) groups is 1. The molecule has 0 saturated carbocycles. The molecule has 3 heterocycles. The second-order valence-electron chi connectivity index (χ2n) is 6.50. The van der Waals surface area contributed by atoms with E-state index < -0.39 is 5.91 Å². The highest BCUT2D eigenvalue weighted by molar-refractivity contribution is 6.23. The minimum absolute atomic E-state index is 0.372. The lowest BCUT2D eigenvalue weighted by Gasteiger charge is -2.11. The zero-order chi connectivity index (χ0) is 19.3. The number of methoxy groups -OCH3 is 1. The van der Waals surface area contributed by atoms with E-state index in [1.54, 1.807) is 11.6 Å². The standard InChI is InChI=1S/C22H16N4O2/c1-28-18-9-5-3-7-14(18)20-15-10-11-26-21(15)19(16(12-24-26)22(23)27)13-6-2-4-8-17(13)25-20/h2-12H,1H3,(H2,23,27). The van der Waals surface area contributed by atoms with Crippen LogP contribution in [0.2, 0.25) is 0 Å². The van der Waals surface area contributed by atoms with Crippen molar-refractivity contribution in [2.45, 2.75) is 0 Å². The van der Waals surface area contributed by atoms with Crippen LogP contribution in [0.25, 0.3) is 16.6 Å². The van der Waals surface area contributed by atoms with Crippen LogP contribution < -0.4 is 10.5 Å². The van der Waals surface area contributed by atoms with Gasteiger partial charge in [-0.05, 0) is 24.3 Å². The zero-order valence-electron chi connectivity index (χ0n) is 15.1. The summed E-state index contributed by atoms with van der Waals surface area (Å²) < 4.78 is 7.33. The molecule has 6 heteroatoms. The molecule has 2 aromatic carbocycles. The third-order valence-corrected chi connectivity index (χ3v) is 4.97. The Morgan fingerprint density at radius 2 is 1.75 bits per heavy atom. The van der Waals surface area contributed by atoms with Crippen LogP contribution in [0.15, 0.2) is 72.0 Å². The third kappa shape index (κ3) is 2.24. The molecule has 1 amide bonds. The summed E-state index contributed by atoms with van der Waals surface area (Å²) in [5.41, 5.74) is 11.7. The van der Waals surface area contributed by atoms with Gasteiger partial charge in [0.25, 0.3) is 5.91 Å². The summed E-state index contributed by atoms with van der Waals surface area (Å²) >= 11 is 0. The molecule has 2 N–H and O–H groups in total. The van der Waals surface area contributed by atoms with Crippen LogP contribution in [0, 0.1) is 0 Å². The third-order valence-electron chi connectivity index (χ3n) is 4.97. The summed E-state index contributed by atoms with van der Waals surface area (Å²) in [6, 6.07) is 17.4. The van der Waals surface area contributed by atoms with E-state index in [0.717, 1.165) is 44.9 Å². The van der Waals surface area contributed by atoms with Crippen LogP contribution in [-0.2, 0) is 0 Å². The Kier molecular flexibility index (Phi) is 3.52. The summed E-state index contributed by atoms with van der Waals surface area (Å²) in [7, 11) is 1.64. The van der Waals surface area contributed by atoms with Crippen LogP contribution in [-0.4, -0.2) is 28.3 Å². The maximum atomic E-state index is 12.2. The molecule has 1 aliphatic rings. The van der Waals surface area contributed by atoms with E-state index in [9.17, 15) is 4.79 Å². The number of aliphatic imine (C=N–C) groups is 1. The van der Waals surface area contributed by atoms with E-state index in [1.807, 2.05) is 60.8 Å². The van der Waals surface area contributed by atoms with E-state index in [0.29, 0.717) is 5.56 Å². The van der Waals surface area contributed by atoms with Gasteiger partial charge in [-0.2, -0.15) is 5.10 Å². The Labute approximate surface area is 160 Å². The number of hydrogen-bond acceptors (Lipinski definition) is 4. The predicted octanol–water partition coefficient (Wildman–Crippen LogP) is 3.59. The van der Waals surface area contributed by atoms with Crippen molar-refractivity contribution in [2.75, 3.05) is 7.11 Å². The molecule has 28 heavy (non-hydrogen) atoms. The fourth-order valence-corrected chi connectivity index (χ4v) is 3.74. The van der Waals surface area contributed by atoms with Crippen molar-refractivity contribution in [1.82, 2.24) is 9.61 Å². The van der Waals surface area contributed by atoms with Gasteiger partial charge >= 0.3 is 0 Å². The molecule has 0 fully saturated rings. The van der Waals surface area contributed by atoms with Crippen LogP contribution in [0.3, 0.4) is 0 Å². The lowest BCUT2D eigenvalue weighted by molar-refractivity contribution is 0.100. The first-order chi connectivity index (χ1) is 13.7. The average Bonchev–Trinajstić information content (AvgIpc) is 3.09. The number of fused-ring (bicyclic) bond motifs is 2. The van der Waals surface area contributed by atoms with Crippen LogP contribution in [0.4, 0.5) is 5.69 Å². The van der Waals surface area contributed by atoms with Crippen molar-refractivity contribution in [1.29, 1.82) is 0 Å². The molecular formula is C22H16N4O2. The Hall–Kier alpha value is -3.93. The van der Waals surface area contributed by atoms with Gasteiger partial charge in [0.15, 0.2) is 0 Å². The predicted molar refractivity (Wildman–Crippen MR) is 107 cm³/mol. The molecule has 5 rings (SSSR count). The number of primary amides is 1. The monoisotopic (exact) mass is 368 g/mol. The average molecular weight is 368 g/mol. The lowest BCUT2D eigenvalue weighted by Crippen LogP contribution is -2.14. The molecule has 0 unspecified atom stereocenters. The minimum Gasteiger partial charge on any atom is -0.496 e. The van der Waals surface area contributed by atoms with Gasteiger partial charge in [-0.15, -0.1) is 0 Å². The van der Waals surface area contributed by atoms with Crippen LogP contribution >= 0.6 is 0 Å². The van der Waals surface area contributed by atoms with Gasteiger partial charge in [0.2, 0.25) is 0 Å². The molecule has 0 radical (unpaired) electrons. The first-order valence-corrected chi connectivity index (χ1v) is 8.81. The molecule has 6 nitrogen and oxygen atoms in total. The first-order valence-electron chi connectivity index (χ1n) is 8.81. The molecule has 0 atom stereocenters. The highest BCUT2D eigenvalue weighted by Crippen LogP contribution is 2.41. The van der Waals surface area contributed by atoms with E-state index in [1.165, 1.54) is 6.20 Å². The zero-order valence-corrected chi connectivity index (χ0v) is 15.1. The fourth-order valence-electron chi connectivity index (χ4n) is 3.74. The van der Waals surface area contributed by atoms with Crippen molar-refractivity contribution in [2.24, 2.45) is 10.7 Å². The molecule has 0 aliphatic carbocycles. The van der Waals surface area contributed by atoms with Crippen molar-refractivity contribution in [3.63, 3.8) is 0 Å². The fraction of sp³-hybridized carbons (Fsp3) is 0.0455. The molecular weight excluding hydrogens is 352 g/mol. The Morgan fingerprint density at radius 3 is 2.54 bits per heavy atom. The molecule has 2 aromatic heterocycles. The van der Waals surface area contributed by atoms with Crippen molar-refractivity contribution < 1.29 is 9.53 Å². The van der Waals surface area contributed by atoms with Gasteiger partial charge in [0.05, 0.1) is 35.8 Å². The van der Waals surface area contributed by atoms with E-state index in [-0.39, 0.29) is 0 Å². The minimum atomic E-state index is -0.521. The molecule has 1 aliphatic heterocycles. The Bertz CT molecular complexity index is 1290. The number of nitrogens with two attached hydrogens (primary N) is 1. The van der Waals surface area contributed by atoms with E-state index in [4.69, 9.17) is 15.5 Å². The van der Waals surface area contributed by atoms with E-state index in [2.05, 4.69) is 5.10 Å². The maximum absolute atomic E-state index is 12.2. The van der Waals surface area contributed by atoms with Gasteiger partial charge in [-0.1, -0.05) is 30.3 Å². The van der Waals surface area contributed by atoms with Gasteiger partial charge < -0.3 is 10.5 Å². The summed E-state index contributed by atoms with van der Waals surface area (Å²) in [6.45, 7) is 0. The maximum Gasteiger partial charge on any atom is 0.251 e. The van der Waals surface area contributed by atoms with Crippen molar-refractivity contribution in [3.8, 4) is 16.9 Å². The summed E-state index contributed by atoms with van der Waals surface area (Å²) in [4.78, 5) is 17.1. The van der Waals surface area contributed by atoms with Gasteiger partial charge in [-0.25, -0.2) is 9.51 Å². The number of aromatic nitrogens is 2. The first kappa shape index (κ1) is 16.3. The normalized spacial score (nSPS) is 12.2. The quantitative estimate of drug-likeness (QED) is 0.528. The van der Waals surface area contributed by atoms with Crippen LogP contribution in [0.1, 0.15) is 21.5 Å². The Morgan fingerprint density at radius 1 is 1.00 bits per heavy atom. The van der Waals surface area contributed by atoms with Gasteiger partial charge in [-0.3, -0.25) is 4.79 Å². The highest BCUT2D eigenvalue weighted by atomic mass is 16.5. The number of nitrogens with zero attached hydrogens (tertiary/aromatic N) is 3. The molecule has 0 bridgehead atoms. The smallest absolute Gasteiger partial charge is 0.251 e. The number of amides is 1. The van der Waals surface area contributed by atoms with E-state index >= 15 is 0 Å². The number of benzene rings is 2. The highest BCUT2D eigenvalue weighted by Gasteiger charge is 2.26. The number of ether oxygens (including phenoxy) is 1. The summed E-state index contributed by atoms with van der Waals surface area (Å²) in [6.07, 6.45) is 3.37. The van der Waals surface area contributed by atoms with Crippen molar-refractivity contribution >= 4 is 22.8 Å². The lowest BCUT2D eigenvalue weighted by atomic mass is 9.96. The van der Waals surface area contributed by atoms with Crippen molar-refractivity contribution in [3.05, 3.63) is 83.7 Å². The molecule has 0 saturated heterocycles. The number of hydrogen-bond donors (Lipinski definition) is 1. The van der Waals surface area contributed by atoms with Gasteiger partial charge in [0.1, 0.15) is 5.75 Å². The Balaban J connectivity index is 1.96. The number of rotatable bonds is 3. The number of para-hydroxylation sites is 2. The van der Waals surface area contributed by atoms with Gasteiger partial charge in [0, 0.05) is 28.5 Å². The summed E-state index contributed by atoms with van der Waals surface area (Å²) in [5.74, 6) is 0.202. The topological polar surface area (TPSA) is 82.0 Å².